The number of unbranched alkanes of at least 4 members (excludes halogenated alkanes) is 11. The van der Waals surface area contributed by atoms with Crippen LogP contribution in [0.1, 0.15) is 90.4 Å². The van der Waals surface area contributed by atoms with Crippen molar-refractivity contribution >= 4 is 0 Å². The minimum atomic E-state index is 0.355. The Bertz CT molecular complexity index is 163. The average molecular weight is 254 g/mol. The largest absolute Gasteiger partial charge is 0.396 e. The molecule has 0 saturated carbocycles. The van der Waals surface area contributed by atoms with Gasteiger partial charge in [-0.3, -0.25) is 0 Å². The van der Waals surface area contributed by atoms with Crippen molar-refractivity contribution in [3.8, 4) is 0 Å². The van der Waals surface area contributed by atoms with Crippen molar-refractivity contribution in [2.24, 2.45) is 0 Å². The highest BCUT2D eigenvalue weighted by Crippen LogP contribution is 2.09. The number of hydrogen-bond acceptors (Lipinski definition) is 1. The first-order valence-corrected chi connectivity index (χ1v) is 8.17. The van der Waals surface area contributed by atoms with Gasteiger partial charge in [0.2, 0.25) is 0 Å². The second kappa shape index (κ2) is 16.7. The van der Waals surface area contributed by atoms with Gasteiger partial charge in [0.15, 0.2) is 0 Å². The summed E-state index contributed by atoms with van der Waals surface area (Å²) in [5.74, 6) is 0. The van der Waals surface area contributed by atoms with Crippen LogP contribution in [0.4, 0.5) is 0 Å². The molecule has 0 aliphatic heterocycles. The van der Waals surface area contributed by atoms with Crippen molar-refractivity contribution in [1.82, 2.24) is 0 Å². The first-order chi connectivity index (χ1) is 8.91. The maximum absolute atomic E-state index is 8.64. The molecule has 0 aliphatic carbocycles. The van der Waals surface area contributed by atoms with Gasteiger partial charge in [-0.25, -0.2) is 0 Å². The predicted octanol–water partition coefficient (Wildman–Crippen LogP) is 5.63. The van der Waals surface area contributed by atoms with Crippen LogP contribution in [-0.4, -0.2) is 11.7 Å². The van der Waals surface area contributed by atoms with Gasteiger partial charge in [0.05, 0.1) is 0 Å². The summed E-state index contributed by atoms with van der Waals surface area (Å²) in [5, 5.41) is 8.64. The van der Waals surface area contributed by atoms with Crippen LogP contribution in [0.15, 0.2) is 12.2 Å². The lowest BCUT2D eigenvalue weighted by Crippen LogP contribution is -1.82. The van der Waals surface area contributed by atoms with E-state index in [1.165, 1.54) is 77.0 Å². The van der Waals surface area contributed by atoms with Crippen LogP contribution < -0.4 is 0 Å². The van der Waals surface area contributed by atoms with Crippen molar-refractivity contribution in [3.63, 3.8) is 0 Å². The molecule has 18 heavy (non-hydrogen) atoms. The molecule has 1 N–H and O–H groups in total. The van der Waals surface area contributed by atoms with E-state index >= 15 is 0 Å². The Morgan fingerprint density at radius 3 is 1.56 bits per heavy atom. The van der Waals surface area contributed by atoms with Gasteiger partial charge >= 0.3 is 0 Å². The van der Waals surface area contributed by atoms with Crippen LogP contribution in [0.3, 0.4) is 0 Å². The first kappa shape index (κ1) is 17.7. The van der Waals surface area contributed by atoms with Gasteiger partial charge in [-0.2, -0.15) is 0 Å². The summed E-state index contributed by atoms with van der Waals surface area (Å²) in [5.41, 5.74) is 0. The molecule has 0 atom stereocenters. The Kier molecular flexibility index (Phi) is 16.4. The molecule has 108 valence electrons. The molecule has 0 heterocycles. The van der Waals surface area contributed by atoms with Crippen molar-refractivity contribution in [1.29, 1.82) is 0 Å². The molecule has 0 radical (unpaired) electrons. The van der Waals surface area contributed by atoms with E-state index in [-0.39, 0.29) is 0 Å². The number of rotatable bonds is 14. The summed E-state index contributed by atoms with van der Waals surface area (Å²) in [7, 11) is 0. The highest BCUT2D eigenvalue weighted by molar-refractivity contribution is 4.81. The lowest BCUT2D eigenvalue weighted by Gasteiger charge is -1.99. The second-order valence-corrected chi connectivity index (χ2v) is 5.31. The maximum atomic E-state index is 8.64. The summed E-state index contributed by atoms with van der Waals surface area (Å²) >= 11 is 0. The average Bonchev–Trinajstić information content (AvgIpc) is 2.39. The number of allylic oxidation sites excluding steroid dienone is 2. The number of aliphatic hydroxyl groups excluding tert-OH is 1. The van der Waals surface area contributed by atoms with Gasteiger partial charge in [0, 0.05) is 6.61 Å². The molecule has 0 bridgehead atoms. The third-order valence-electron chi connectivity index (χ3n) is 3.42. The SMILES string of the molecule is CCCCCCCCC/C=C\CCCCCCO. The van der Waals surface area contributed by atoms with Crippen LogP contribution >= 0.6 is 0 Å². The van der Waals surface area contributed by atoms with Gasteiger partial charge in [0.25, 0.3) is 0 Å². The van der Waals surface area contributed by atoms with E-state index < -0.39 is 0 Å². The Hall–Kier alpha value is -0.300. The summed E-state index contributed by atoms with van der Waals surface area (Å²) in [4.78, 5) is 0. The predicted molar refractivity (Wildman–Crippen MR) is 81.9 cm³/mol. The summed E-state index contributed by atoms with van der Waals surface area (Å²) in [6, 6.07) is 0. The zero-order valence-electron chi connectivity index (χ0n) is 12.5. The Labute approximate surface area is 115 Å². The van der Waals surface area contributed by atoms with Crippen molar-refractivity contribution < 1.29 is 5.11 Å². The third-order valence-corrected chi connectivity index (χ3v) is 3.42. The smallest absolute Gasteiger partial charge is 0.0431 e. The Morgan fingerprint density at radius 2 is 1.06 bits per heavy atom. The van der Waals surface area contributed by atoms with Crippen molar-refractivity contribution in [2.45, 2.75) is 90.4 Å². The number of hydrogen-bond donors (Lipinski definition) is 1. The maximum Gasteiger partial charge on any atom is 0.0431 e. The molecule has 0 aromatic rings. The van der Waals surface area contributed by atoms with Crippen LogP contribution in [0.25, 0.3) is 0 Å². The van der Waals surface area contributed by atoms with Crippen molar-refractivity contribution in [2.75, 3.05) is 6.61 Å². The lowest BCUT2D eigenvalue weighted by molar-refractivity contribution is 0.282. The topological polar surface area (TPSA) is 20.2 Å². The zero-order valence-corrected chi connectivity index (χ0v) is 12.5. The normalized spacial score (nSPS) is 11.4. The molecule has 1 heteroatoms. The van der Waals surface area contributed by atoms with E-state index in [1.807, 2.05) is 0 Å². The minimum Gasteiger partial charge on any atom is -0.396 e. The standard InChI is InChI=1S/C17H34O/c1-2-3-4-5-6-7-8-9-10-11-12-13-14-15-16-17-18/h10-11,18H,2-9,12-17H2,1H3/b11-10-. The van der Waals surface area contributed by atoms with Crippen molar-refractivity contribution in [3.05, 3.63) is 12.2 Å². The third kappa shape index (κ3) is 15.7. The van der Waals surface area contributed by atoms with E-state index in [0.29, 0.717) is 6.61 Å². The van der Waals surface area contributed by atoms with Gasteiger partial charge < -0.3 is 5.11 Å². The molecule has 0 fully saturated rings. The minimum absolute atomic E-state index is 0.355. The highest BCUT2D eigenvalue weighted by Gasteiger charge is 1.90. The molecule has 0 saturated heterocycles. The molecular weight excluding hydrogens is 220 g/mol. The molecule has 0 aromatic heterocycles. The molecular formula is C17H34O. The molecule has 1 nitrogen and oxygen atoms in total. The van der Waals surface area contributed by atoms with E-state index in [4.69, 9.17) is 5.11 Å². The summed E-state index contributed by atoms with van der Waals surface area (Å²) in [6.45, 7) is 2.63. The molecule has 0 spiro atoms. The van der Waals surface area contributed by atoms with Gasteiger partial charge in [-0.1, -0.05) is 70.4 Å². The lowest BCUT2D eigenvalue weighted by atomic mass is 10.1. The molecule has 0 unspecified atom stereocenters. The Morgan fingerprint density at radius 1 is 0.611 bits per heavy atom. The second-order valence-electron chi connectivity index (χ2n) is 5.31. The van der Waals surface area contributed by atoms with E-state index in [1.54, 1.807) is 0 Å². The molecule has 0 aromatic carbocycles. The monoisotopic (exact) mass is 254 g/mol. The van der Waals surface area contributed by atoms with Crippen LogP contribution in [-0.2, 0) is 0 Å². The fraction of sp³-hybridized carbons (Fsp3) is 0.882. The first-order valence-electron chi connectivity index (χ1n) is 8.17. The van der Waals surface area contributed by atoms with E-state index in [0.717, 1.165) is 6.42 Å². The van der Waals surface area contributed by atoms with Crippen LogP contribution in [0, 0.1) is 0 Å². The Balaban J connectivity index is 3.00. The number of aliphatic hydroxyl groups is 1. The van der Waals surface area contributed by atoms with Gasteiger partial charge in [-0.05, 0) is 32.1 Å². The van der Waals surface area contributed by atoms with Crippen LogP contribution in [0.2, 0.25) is 0 Å². The quantitative estimate of drug-likeness (QED) is 0.315. The molecule has 0 aliphatic rings. The summed E-state index contributed by atoms with van der Waals surface area (Å²) < 4.78 is 0. The van der Waals surface area contributed by atoms with E-state index in [2.05, 4.69) is 19.1 Å². The van der Waals surface area contributed by atoms with Crippen LogP contribution in [0.5, 0.6) is 0 Å². The fourth-order valence-electron chi connectivity index (χ4n) is 2.18. The molecule has 0 amide bonds. The van der Waals surface area contributed by atoms with Gasteiger partial charge in [0.1, 0.15) is 0 Å². The highest BCUT2D eigenvalue weighted by atomic mass is 16.2. The summed E-state index contributed by atoms with van der Waals surface area (Å²) in [6.07, 6.45) is 21.7. The molecule has 0 rings (SSSR count). The van der Waals surface area contributed by atoms with E-state index in [9.17, 15) is 0 Å². The fourth-order valence-corrected chi connectivity index (χ4v) is 2.18. The zero-order chi connectivity index (χ0) is 13.3. The van der Waals surface area contributed by atoms with Gasteiger partial charge in [-0.15, -0.1) is 0 Å².